The predicted molar refractivity (Wildman–Crippen MR) is 89.7 cm³/mol. The highest BCUT2D eigenvalue weighted by Crippen LogP contribution is 2.39. The quantitative estimate of drug-likeness (QED) is 0.549. The SMILES string of the molecule is CCOC(=O)C1(NC)CCCC1CCSCC1CCCC1. The van der Waals surface area contributed by atoms with Gasteiger partial charge in [0.05, 0.1) is 6.61 Å². The van der Waals surface area contributed by atoms with Crippen LogP contribution in [-0.4, -0.2) is 36.7 Å². The Hall–Kier alpha value is -0.220. The monoisotopic (exact) mass is 313 g/mol. The van der Waals surface area contributed by atoms with Gasteiger partial charge in [0.25, 0.3) is 0 Å². The molecule has 2 rings (SSSR count). The molecule has 0 bridgehead atoms. The normalized spacial score (nSPS) is 29.9. The molecular weight excluding hydrogens is 282 g/mol. The summed E-state index contributed by atoms with van der Waals surface area (Å²) in [5.41, 5.74) is -0.413. The van der Waals surface area contributed by atoms with Crippen molar-refractivity contribution in [3.63, 3.8) is 0 Å². The number of likely N-dealkylation sites (N-methyl/N-ethyl adjacent to an activating group) is 1. The molecule has 3 nitrogen and oxygen atoms in total. The second kappa shape index (κ2) is 8.42. The topological polar surface area (TPSA) is 38.3 Å². The van der Waals surface area contributed by atoms with Crippen molar-refractivity contribution in [2.75, 3.05) is 25.2 Å². The summed E-state index contributed by atoms with van der Waals surface area (Å²) in [5.74, 6) is 3.87. The van der Waals surface area contributed by atoms with Crippen LogP contribution < -0.4 is 5.32 Å². The van der Waals surface area contributed by atoms with Crippen LogP contribution in [0, 0.1) is 11.8 Å². The predicted octanol–water partition coefficient (Wildman–Crippen LogP) is 3.62. The van der Waals surface area contributed by atoms with E-state index < -0.39 is 5.54 Å². The lowest BCUT2D eigenvalue weighted by atomic mass is 9.85. The molecular formula is C17H31NO2S. The van der Waals surface area contributed by atoms with Gasteiger partial charge in [0.15, 0.2) is 0 Å². The maximum absolute atomic E-state index is 12.4. The molecule has 2 unspecified atom stereocenters. The third-order valence-electron chi connectivity index (χ3n) is 5.35. The van der Waals surface area contributed by atoms with Gasteiger partial charge < -0.3 is 10.1 Å². The maximum Gasteiger partial charge on any atom is 0.326 e. The van der Waals surface area contributed by atoms with Crippen LogP contribution in [0.25, 0.3) is 0 Å². The lowest BCUT2D eigenvalue weighted by Gasteiger charge is -2.33. The molecule has 0 aromatic heterocycles. The molecule has 0 aromatic rings. The van der Waals surface area contributed by atoms with E-state index in [0.29, 0.717) is 12.5 Å². The summed E-state index contributed by atoms with van der Waals surface area (Å²) in [7, 11) is 1.92. The standard InChI is InChI=1S/C17H31NO2S/c1-3-20-16(19)17(18-2)11-6-9-15(17)10-12-21-13-14-7-4-5-8-14/h14-15,18H,3-13H2,1-2H3. The zero-order valence-corrected chi connectivity index (χ0v) is 14.5. The molecule has 2 aliphatic rings. The van der Waals surface area contributed by atoms with E-state index in [4.69, 9.17) is 4.74 Å². The van der Waals surface area contributed by atoms with Crippen molar-refractivity contribution < 1.29 is 9.53 Å². The van der Waals surface area contributed by atoms with Gasteiger partial charge in [0, 0.05) is 0 Å². The van der Waals surface area contributed by atoms with E-state index in [1.54, 1.807) is 0 Å². The first-order chi connectivity index (χ1) is 10.2. The first kappa shape index (κ1) is 17.1. The van der Waals surface area contributed by atoms with Crippen LogP contribution in [0.5, 0.6) is 0 Å². The lowest BCUT2D eigenvalue weighted by Crippen LogP contribution is -2.54. The number of ether oxygens (including phenoxy) is 1. The maximum atomic E-state index is 12.4. The van der Waals surface area contributed by atoms with Crippen LogP contribution in [-0.2, 0) is 9.53 Å². The highest BCUT2D eigenvalue weighted by molar-refractivity contribution is 7.99. The van der Waals surface area contributed by atoms with Gasteiger partial charge in [-0.2, -0.15) is 11.8 Å². The van der Waals surface area contributed by atoms with Crippen LogP contribution in [0.15, 0.2) is 0 Å². The second-order valence-electron chi connectivity index (χ2n) is 6.55. The number of esters is 1. The molecule has 21 heavy (non-hydrogen) atoms. The Bertz CT molecular complexity index is 331. The Kier molecular flexibility index (Phi) is 6.87. The molecule has 0 heterocycles. The van der Waals surface area contributed by atoms with Gasteiger partial charge in [0.2, 0.25) is 0 Å². The summed E-state index contributed by atoms with van der Waals surface area (Å²) in [6, 6.07) is 0. The van der Waals surface area contributed by atoms with Crippen molar-refractivity contribution in [3.05, 3.63) is 0 Å². The van der Waals surface area contributed by atoms with Gasteiger partial charge in [-0.25, -0.2) is 0 Å². The van der Waals surface area contributed by atoms with Crippen molar-refractivity contribution >= 4 is 17.7 Å². The van der Waals surface area contributed by atoms with Gasteiger partial charge >= 0.3 is 5.97 Å². The highest BCUT2D eigenvalue weighted by atomic mass is 32.2. The van der Waals surface area contributed by atoms with Gasteiger partial charge in [-0.15, -0.1) is 0 Å². The van der Waals surface area contributed by atoms with E-state index in [1.807, 2.05) is 14.0 Å². The smallest absolute Gasteiger partial charge is 0.326 e. The van der Waals surface area contributed by atoms with Gasteiger partial charge in [-0.1, -0.05) is 19.3 Å². The summed E-state index contributed by atoms with van der Waals surface area (Å²) >= 11 is 2.09. The summed E-state index contributed by atoms with van der Waals surface area (Å²) in [5, 5.41) is 3.31. The molecule has 1 N–H and O–H groups in total. The minimum absolute atomic E-state index is 0.0317. The summed E-state index contributed by atoms with van der Waals surface area (Å²) in [6.45, 7) is 2.37. The van der Waals surface area contributed by atoms with E-state index in [0.717, 1.165) is 31.6 Å². The van der Waals surface area contributed by atoms with Gasteiger partial charge in [-0.3, -0.25) is 4.79 Å². The fourth-order valence-corrected chi connectivity index (χ4v) is 5.37. The van der Waals surface area contributed by atoms with Crippen molar-refractivity contribution in [3.8, 4) is 0 Å². The number of rotatable bonds is 8. The molecule has 2 saturated carbocycles. The Labute approximate surface area is 134 Å². The second-order valence-corrected chi connectivity index (χ2v) is 7.69. The zero-order valence-electron chi connectivity index (χ0n) is 13.7. The fraction of sp³-hybridized carbons (Fsp3) is 0.941. The average Bonchev–Trinajstić information content (AvgIpc) is 3.14. The number of carbonyl (C=O) groups is 1. The van der Waals surface area contributed by atoms with Crippen LogP contribution in [0.4, 0.5) is 0 Å². The summed E-state index contributed by atoms with van der Waals surface area (Å²) < 4.78 is 5.33. The molecule has 2 aliphatic carbocycles. The van der Waals surface area contributed by atoms with E-state index in [2.05, 4.69) is 17.1 Å². The Morgan fingerprint density at radius 3 is 2.71 bits per heavy atom. The Balaban J connectivity index is 1.78. The highest BCUT2D eigenvalue weighted by Gasteiger charge is 2.48. The van der Waals surface area contributed by atoms with Crippen LogP contribution in [0.2, 0.25) is 0 Å². The van der Waals surface area contributed by atoms with E-state index in [1.165, 1.54) is 37.2 Å². The van der Waals surface area contributed by atoms with E-state index >= 15 is 0 Å². The Morgan fingerprint density at radius 1 is 1.29 bits per heavy atom. The third-order valence-corrected chi connectivity index (χ3v) is 6.58. The van der Waals surface area contributed by atoms with E-state index in [-0.39, 0.29) is 5.97 Å². The van der Waals surface area contributed by atoms with Crippen LogP contribution in [0.3, 0.4) is 0 Å². The summed E-state index contributed by atoms with van der Waals surface area (Å²) in [4.78, 5) is 12.4. The fourth-order valence-electron chi connectivity index (χ4n) is 4.08. The zero-order chi connectivity index (χ0) is 15.1. The molecule has 0 amide bonds. The molecule has 2 atom stereocenters. The molecule has 4 heteroatoms. The van der Waals surface area contributed by atoms with Gasteiger partial charge in [0.1, 0.15) is 5.54 Å². The number of hydrogen-bond donors (Lipinski definition) is 1. The number of hydrogen-bond acceptors (Lipinski definition) is 4. The average molecular weight is 314 g/mol. The van der Waals surface area contributed by atoms with Crippen molar-refractivity contribution in [1.82, 2.24) is 5.32 Å². The minimum atomic E-state index is -0.413. The van der Waals surface area contributed by atoms with Crippen LogP contribution >= 0.6 is 11.8 Å². The van der Waals surface area contributed by atoms with Crippen molar-refractivity contribution in [1.29, 1.82) is 0 Å². The molecule has 2 fully saturated rings. The molecule has 0 aliphatic heterocycles. The third kappa shape index (κ3) is 4.16. The van der Waals surface area contributed by atoms with Crippen LogP contribution in [0.1, 0.15) is 58.3 Å². The first-order valence-corrected chi connectivity index (χ1v) is 9.82. The number of carbonyl (C=O) groups excluding carboxylic acids is 1. The molecule has 122 valence electrons. The number of nitrogens with one attached hydrogen (secondary N) is 1. The first-order valence-electron chi connectivity index (χ1n) is 8.66. The van der Waals surface area contributed by atoms with Crippen molar-refractivity contribution in [2.24, 2.45) is 11.8 Å². The number of thioether (sulfide) groups is 1. The molecule has 0 saturated heterocycles. The van der Waals surface area contributed by atoms with E-state index in [9.17, 15) is 4.79 Å². The lowest BCUT2D eigenvalue weighted by molar-refractivity contribution is -0.152. The molecule has 0 spiro atoms. The molecule has 0 aromatic carbocycles. The van der Waals surface area contributed by atoms with Crippen molar-refractivity contribution in [2.45, 2.75) is 63.8 Å². The summed E-state index contributed by atoms with van der Waals surface area (Å²) in [6.07, 6.45) is 10.1. The minimum Gasteiger partial charge on any atom is -0.465 e. The molecule has 0 radical (unpaired) electrons. The largest absolute Gasteiger partial charge is 0.465 e. The Morgan fingerprint density at radius 2 is 2.05 bits per heavy atom. The van der Waals surface area contributed by atoms with Gasteiger partial charge in [-0.05, 0) is 69.4 Å².